The van der Waals surface area contributed by atoms with Gasteiger partial charge in [-0.3, -0.25) is 9.69 Å². The van der Waals surface area contributed by atoms with Crippen LogP contribution in [0.25, 0.3) is 0 Å². The number of hydrogen-bond acceptors (Lipinski definition) is 4. The Morgan fingerprint density at radius 2 is 1.85 bits per heavy atom. The second-order valence-corrected chi connectivity index (χ2v) is 6.37. The van der Waals surface area contributed by atoms with Gasteiger partial charge >= 0.3 is 0 Å². The molecule has 1 aliphatic heterocycles. The van der Waals surface area contributed by atoms with Gasteiger partial charge in [0.2, 0.25) is 0 Å². The van der Waals surface area contributed by atoms with Crippen molar-refractivity contribution in [2.75, 3.05) is 32.5 Å². The van der Waals surface area contributed by atoms with Gasteiger partial charge in [0.25, 0.3) is 5.91 Å². The summed E-state index contributed by atoms with van der Waals surface area (Å²) in [6.07, 6.45) is 2.40. The lowest BCUT2D eigenvalue weighted by molar-refractivity contribution is 0.0938. The summed E-state index contributed by atoms with van der Waals surface area (Å²) in [5.74, 6) is 0.739. The van der Waals surface area contributed by atoms with E-state index in [9.17, 15) is 4.79 Å². The number of rotatable bonds is 6. The molecule has 1 amide bonds. The smallest absolute Gasteiger partial charge is 0.251 e. The lowest BCUT2D eigenvalue weighted by Crippen LogP contribution is -2.36. The zero-order valence-corrected chi connectivity index (χ0v) is 17.0. The Hall–Kier alpha value is -1.95. The van der Waals surface area contributed by atoms with Crippen molar-refractivity contribution in [3.8, 4) is 5.75 Å². The fourth-order valence-corrected chi connectivity index (χ4v) is 3.33. The molecule has 5 nitrogen and oxygen atoms in total. The van der Waals surface area contributed by atoms with Gasteiger partial charge in [0, 0.05) is 17.8 Å². The van der Waals surface area contributed by atoms with E-state index in [0.717, 1.165) is 24.4 Å². The number of halogens is 2. The van der Waals surface area contributed by atoms with Crippen LogP contribution in [0.1, 0.15) is 34.8 Å². The van der Waals surface area contributed by atoms with Crippen molar-refractivity contribution in [3.05, 3.63) is 59.7 Å². The quantitative estimate of drug-likeness (QED) is 0.711. The van der Waals surface area contributed by atoms with Gasteiger partial charge in [0.15, 0.2) is 0 Å². The molecule has 0 aliphatic carbocycles. The van der Waals surface area contributed by atoms with E-state index in [-0.39, 0.29) is 36.8 Å². The molecule has 3 rings (SSSR count). The molecule has 1 unspecified atom stereocenters. The highest BCUT2D eigenvalue weighted by Crippen LogP contribution is 2.27. The Morgan fingerprint density at radius 1 is 1.15 bits per heavy atom. The molecule has 0 bridgehead atoms. The van der Waals surface area contributed by atoms with Crippen LogP contribution in [0.15, 0.2) is 48.5 Å². The molecular formula is C20H27Cl2N3O2. The first-order valence-electron chi connectivity index (χ1n) is 8.69. The summed E-state index contributed by atoms with van der Waals surface area (Å²) >= 11 is 0. The number of carbonyl (C=O) groups is 1. The van der Waals surface area contributed by atoms with E-state index in [4.69, 9.17) is 10.5 Å². The average Bonchev–Trinajstić information content (AvgIpc) is 3.16. The first-order chi connectivity index (χ1) is 12.2. The maximum absolute atomic E-state index is 12.5. The van der Waals surface area contributed by atoms with Crippen LogP contribution in [0, 0.1) is 0 Å². The van der Waals surface area contributed by atoms with E-state index in [1.54, 1.807) is 31.4 Å². The number of amides is 1. The number of nitrogens with zero attached hydrogens (tertiary/aromatic N) is 1. The van der Waals surface area contributed by atoms with Gasteiger partial charge in [-0.25, -0.2) is 0 Å². The SMILES string of the molecule is COc1cccc(C(CNC(=O)c2cccc(N)c2)N2CCCC2)c1.Cl.Cl. The summed E-state index contributed by atoms with van der Waals surface area (Å²) in [7, 11) is 1.67. The molecule has 0 saturated carbocycles. The summed E-state index contributed by atoms with van der Waals surface area (Å²) in [6.45, 7) is 2.66. The summed E-state index contributed by atoms with van der Waals surface area (Å²) in [6, 6.07) is 15.3. The third kappa shape index (κ3) is 6.03. The minimum absolute atomic E-state index is 0. The molecule has 1 saturated heterocycles. The molecule has 2 aromatic rings. The largest absolute Gasteiger partial charge is 0.497 e. The third-order valence-corrected chi connectivity index (χ3v) is 4.66. The summed E-state index contributed by atoms with van der Waals surface area (Å²) in [4.78, 5) is 14.9. The maximum atomic E-state index is 12.5. The summed E-state index contributed by atoms with van der Waals surface area (Å²) in [5, 5.41) is 3.06. The van der Waals surface area contributed by atoms with Crippen LogP contribution in [0.4, 0.5) is 5.69 Å². The van der Waals surface area contributed by atoms with Crippen molar-refractivity contribution in [2.24, 2.45) is 0 Å². The topological polar surface area (TPSA) is 67.6 Å². The van der Waals surface area contributed by atoms with Crippen molar-refractivity contribution in [1.29, 1.82) is 0 Å². The molecule has 0 radical (unpaired) electrons. The Morgan fingerprint density at radius 3 is 2.52 bits per heavy atom. The highest BCUT2D eigenvalue weighted by Gasteiger charge is 2.24. The molecule has 27 heavy (non-hydrogen) atoms. The molecule has 0 aromatic heterocycles. The molecule has 2 aromatic carbocycles. The summed E-state index contributed by atoms with van der Waals surface area (Å²) < 4.78 is 5.36. The normalized spacial score (nSPS) is 14.6. The first-order valence-corrected chi connectivity index (χ1v) is 8.69. The Labute approximate surface area is 173 Å². The second-order valence-electron chi connectivity index (χ2n) is 6.37. The van der Waals surface area contributed by atoms with Crippen molar-refractivity contribution in [2.45, 2.75) is 18.9 Å². The number of nitrogens with two attached hydrogens (primary N) is 1. The van der Waals surface area contributed by atoms with Crippen molar-refractivity contribution < 1.29 is 9.53 Å². The number of ether oxygens (including phenoxy) is 1. The van der Waals surface area contributed by atoms with Crippen LogP contribution in [-0.4, -0.2) is 37.6 Å². The van der Waals surface area contributed by atoms with Crippen molar-refractivity contribution >= 4 is 36.4 Å². The van der Waals surface area contributed by atoms with Crippen LogP contribution in [-0.2, 0) is 0 Å². The van der Waals surface area contributed by atoms with E-state index >= 15 is 0 Å². The number of hydrogen-bond donors (Lipinski definition) is 2. The number of nitrogen functional groups attached to an aromatic ring is 1. The van der Waals surface area contributed by atoms with Gasteiger partial charge < -0.3 is 15.8 Å². The Bertz CT molecular complexity index is 737. The zero-order chi connectivity index (χ0) is 17.6. The van der Waals surface area contributed by atoms with Crippen LogP contribution in [0.5, 0.6) is 5.75 Å². The van der Waals surface area contributed by atoms with Gasteiger partial charge in [-0.05, 0) is 61.8 Å². The predicted octanol–water partition coefficient (Wildman–Crippen LogP) is 3.69. The van der Waals surface area contributed by atoms with E-state index in [2.05, 4.69) is 22.3 Å². The molecule has 1 heterocycles. The van der Waals surface area contributed by atoms with E-state index < -0.39 is 0 Å². The van der Waals surface area contributed by atoms with Gasteiger partial charge in [0.1, 0.15) is 5.75 Å². The van der Waals surface area contributed by atoms with Crippen molar-refractivity contribution in [3.63, 3.8) is 0 Å². The lowest BCUT2D eigenvalue weighted by atomic mass is 10.0. The molecule has 148 valence electrons. The first kappa shape index (κ1) is 23.1. The highest BCUT2D eigenvalue weighted by molar-refractivity contribution is 5.95. The second kappa shape index (κ2) is 11.0. The van der Waals surface area contributed by atoms with Crippen molar-refractivity contribution in [1.82, 2.24) is 10.2 Å². The standard InChI is InChI=1S/C20H25N3O2.2ClH/c1-25-18-9-5-6-15(13-18)19(23-10-2-3-11-23)14-22-20(24)16-7-4-8-17(21)12-16;;/h4-9,12-13,19H,2-3,10-11,14,21H2,1H3,(H,22,24);2*1H. The van der Waals surface area contributed by atoms with E-state index in [1.807, 2.05) is 12.1 Å². The summed E-state index contributed by atoms with van der Waals surface area (Å²) in [5.41, 5.74) is 8.12. The average molecular weight is 412 g/mol. The van der Waals surface area contributed by atoms with Crippen LogP contribution in [0.3, 0.4) is 0 Å². The van der Waals surface area contributed by atoms with Gasteiger partial charge in [-0.2, -0.15) is 0 Å². The van der Waals surface area contributed by atoms with E-state index in [0.29, 0.717) is 17.8 Å². The lowest BCUT2D eigenvalue weighted by Gasteiger charge is -2.28. The fourth-order valence-electron chi connectivity index (χ4n) is 3.33. The van der Waals surface area contributed by atoms with E-state index in [1.165, 1.54) is 12.8 Å². The van der Waals surface area contributed by atoms with Crippen LogP contribution in [0.2, 0.25) is 0 Å². The number of benzene rings is 2. The van der Waals surface area contributed by atoms with Gasteiger partial charge in [0.05, 0.1) is 13.2 Å². The zero-order valence-electron chi connectivity index (χ0n) is 15.4. The molecule has 1 atom stereocenters. The molecule has 7 heteroatoms. The van der Waals surface area contributed by atoms with Gasteiger partial charge in [-0.15, -0.1) is 24.8 Å². The maximum Gasteiger partial charge on any atom is 0.251 e. The fraction of sp³-hybridized carbons (Fsp3) is 0.350. The molecule has 3 N–H and O–H groups in total. The number of nitrogens with one attached hydrogen (secondary N) is 1. The number of carbonyl (C=O) groups excluding carboxylic acids is 1. The predicted molar refractivity (Wildman–Crippen MR) is 114 cm³/mol. The van der Waals surface area contributed by atoms with Crippen LogP contribution < -0.4 is 15.8 Å². The Kier molecular flexibility index (Phi) is 9.43. The minimum Gasteiger partial charge on any atom is -0.497 e. The third-order valence-electron chi connectivity index (χ3n) is 4.66. The highest BCUT2D eigenvalue weighted by atomic mass is 35.5. The number of anilines is 1. The molecule has 1 aliphatic rings. The molecular weight excluding hydrogens is 385 g/mol. The van der Waals surface area contributed by atoms with Crippen LogP contribution >= 0.6 is 24.8 Å². The molecule has 0 spiro atoms. The number of methoxy groups -OCH3 is 1. The number of likely N-dealkylation sites (tertiary alicyclic amines) is 1. The Balaban J connectivity index is 0.00000182. The van der Waals surface area contributed by atoms with Gasteiger partial charge in [-0.1, -0.05) is 18.2 Å². The monoisotopic (exact) mass is 411 g/mol. The molecule has 1 fully saturated rings. The minimum atomic E-state index is -0.0978.